The Bertz CT molecular complexity index is 710. The molecule has 0 bridgehead atoms. The van der Waals surface area contributed by atoms with E-state index in [9.17, 15) is 9.59 Å². The molecule has 2 aliphatic rings. The first-order valence-electron chi connectivity index (χ1n) is 8.93. The van der Waals surface area contributed by atoms with Gasteiger partial charge in [0.1, 0.15) is 0 Å². The second-order valence-electron chi connectivity index (χ2n) is 6.39. The molecule has 2 amide bonds. The van der Waals surface area contributed by atoms with E-state index in [4.69, 9.17) is 9.47 Å². The number of amides is 2. The fourth-order valence-corrected chi connectivity index (χ4v) is 3.32. The van der Waals surface area contributed by atoms with Gasteiger partial charge < -0.3 is 20.1 Å². The molecule has 1 aromatic carbocycles. The van der Waals surface area contributed by atoms with E-state index in [1.807, 2.05) is 31.2 Å². The Morgan fingerprint density at radius 2 is 2.04 bits per heavy atom. The summed E-state index contributed by atoms with van der Waals surface area (Å²) in [6.45, 7) is 7.32. The average Bonchev–Trinajstić information content (AvgIpc) is 2.62. The van der Waals surface area contributed by atoms with Gasteiger partial charge in [0.25, 0.3) is 0 Å². The minimum atomic E-state index is -0.528. The van der Waals surface area contributed by atoms with Crippen LogP contribution in [0.1, 0.15) is 24.1 Å². The fourth-order valence-electron chi connectivity index (χ4n) is 3.32. The summed E-state index contributed by atoms with van der Waals surface area (Å²) < 4.78 is 10.7. The van der Waals surface area contributed by atoms with Crippen LogP contribution in [0, 0.1) is 6.92 Å². The predicted octanol–water partition coefficient (Wildman–Crippen LogP) is 1.50. The number of benzene rings is 1. The molecule has 0 aliphatic carbocycles. The number of rotatable bonds is 5. The highest BCUT2D eigenvalue weighted by atomic mass is 16.5. The minimum Gasteiger partial charge on any atom is -0.463 e. The van der Waals surface area contributed by atoms with Gasteiger partial charge in [-0.1, -0.05) is 24.3 Å². The molecule has 2 N–H and O–H groups in total. The molecular formula is C19H25N3O4. The van der Waals surface area contributed by atoms with Crippen LogP contribution in [-0.4, -0.2) is 56.4 Å². The van der Waals surface area contributed by atoms with Crippen LogP contribution in [0.4, 0.5) is 4.79 Å². The number of esters is 1. The Balaban J connectivity index is 2.00. The number of ether oxygens (including phenoxy) is 2. The monoisotopic (exact) mass is 359 g/mol. The van der Waals surface area contributed by atoms with E-state index in [0.717, 1.165) is 24.2 Å². The predicted molar refractivity (Wildman–Crippen MR) is 96.5 cm³/mol. The maximum absolute atomic E-state index is 12.7. The lowest BCUT2D eigenvalue weighted by atomic mass is 9.92. The van der Waals surface area contributed by atoms with Gasteiger partial charge in [-0.15, -0.1) is 0 Å². The number of hydrogen-bond donors (Lipinski definition) is 2. The summed E-state index contributed by atoms with van der Waals surface area (Å²) in [5, 5.41) is 5.70. The Labute approximate surface area is 153 Å². The van der Waals surface area contributed by atoms with E-state index in [2.05, 4.69) is 15.5 Å². The van der Waals surface area contributed by atoms with Crippen LogP contribution in [0.25, 0.3) is 0 Å². The number of carbonyl (C=O) groups is 2. The van der Waals surface area contributed by atoms with Gasteiger partial charge in [-0.3, -0.25) is 4.90 Å². The molecule has 1 saturated heterocycles. The molecule has 2 aliphatic heterocycles. The first-order valence-corrected chi connectivity index (χ1v) is 8.93. The number of morpholine rings is 1. The Kier molecular flexibility index (Phi) is 5.90. The number of urea groups is 1. The van der Waals surface area contributed by atoms with Gasteiger partial charge >= 0.3 is 12.0 Å². The SMILES string of the molecule is CCOC(=O)C1=C(CN2CCOCC2)NC(=O)NC1c1ccccc1C. The summed E-state index contributed by atoms with van der Waals surface area (Å²) in [6, 6.07) is 6.89. The molecule has 0 spiro atoms. The van der Waals surface area contributed by atoms with Crippen molar-refractivity contribution in [1.29, 1.82) is 0 Å². The highest BCUT2D eigenvalue weighted by Crippen LogP contribution is 2.30. The van der Waals surface area contributed by atoms with Crippen molar-refractivity contribution in [3.8, 4) is 0 Å². The molecule has 0 saturated carbocycles. The van der Waals surface area contributed by atoms with Crippen LogP contribution in [0.15, 0.2) is 35.5 Å². The van der Waals surface area contributed by atoms with Crippen molar-refractivity contribution < 1.29 is 19.1 Å². The quantitative estimate of drug-likeness (QED) is 0.779. The lowest BCUT2D eigenvalue weighted by Gasteiger charge is -2.33. The normalized spacial score (nSPS) is 21.2. The van der Waals surface area contributed by atoms with Gasteiger partial charge in [0.2, 0.25) is 0 Å². The third-order valence-corrected chi connectivity index (χ3v) is 4.63. The van der Waals surface area contributed by atoms with E-state index in [1.165, 1.54) is 0 Å². The zero-order chi connectivity index (χ0) is 18.5. The zero-order valence-electron chi connectivity index (χ0n) is 15.2. The van der Waals surface area contributed by atoms with Crippen LogP contribution in [0.3, 0.4) is 0 Å². The second kappa shape index (κ2) is 8.33. The minimum absolute atomic E-state index is 0.279. The average molecular weight is 359 g/mol. The van der Waals surface area contributed by atoms with E-state index < -0.39 is 12.0 Å². The topological polar surface area (TPSA) is 79.9 Å². The fraction of sp³-hybridized carbons (Fsp3) is 0.474. The molecule has 140 valence electrons. The van der Waals surface area contributed by atoms with Crippen molar-refractivity contribution in [3.63, 3.8) is 0 Å². The highest BCUT2D eigenvalue weighted by molar-refractivity contribution is 5.95. The van der Waals surface area contributed by atoms with Crippen molar-refractivity contribution in [1.82, 2.24) is 15.5 Å². The summed E-state index contributed by atoms with van der Waals surface area (Å²) >= 11 is 0. The Morgan fingerprint density at radius 3 is 2.73 bits per heavy atom. The molecule has 2 heterocycles. The van der Waals surface area contributed by atoms with Gasteiger partial charge in [0.05, 0.1) is 31.4 Å². The molecule has 1 atom stereocenters. The maximum atomic E-state index is 12.7. The van der Waals surface area contributed by atoms with Gasteiger partial charge in [-0.05, 0) is 25.0 Å². The Morgan fingerprint density at radius 1 is 1.31 bits per heavy atom. The third-order valence-electron chi connectivity index (χ3n) is 4.63. The standard InChI is InChI=1S/C19H25N3O4/c1-3-26-18(23)16-15(12-22-8-10-25-11-9-22)20-19(24)21-17(16)14-7-5-4-6-13(14)2/h4-7,17H,3,8-12H2,1-2H3,(H2,20,21,24). The first-order chi connectivity index (χ1) is 12.6. The van der Waals surface area contributed by atoms with E-state index >= 15 is 0 Å². The summed E-state index contributed by atoms with van der Waals surface area (Å²) in [4.78, 5) is 27.2. The lowest BCUT2D eigenvalue weighted by molar-refractivity contribution is -0.139. The number of nitrogens with one attached hydrogen (secondary N) is 2. The number of aryl methyl sites for hydroxylation is 1. The number of nitrogens with zero attached hydrogens (tertiary/aromatic N) is 1. The largest absolute Gasteiger partial charge is 0.463 e. The highest BCUT2D eigenvalue weighted by Gasteiger charge is 2.35. The lowest BCUT2D eigenvalue weighted by Crippen LogP contribution is -2.49. The molecule has 1 unspecified atom stereocenters. The van der Waals surface area contributed by atoms with Gasteiger partial charge in [-0.2, -0.15) is 0 Å². The third kappa shape index (κ3) is 4.05. The number of carbonyl (C=O) groups excluding carboxylic acids is 2. The van der Waals surface area contributed by atoms with Crippen LogP contribution < -0.4 is 10.6 Å². The van der Waals surface area contributed by atoms with Crippen molar-refractivity contribution >= 4 is 12.0 Å². The molecule has 1 fully saturated rings. The van der Waals surface area contributed by atoms with Crippen molar-refractivity contribution in [2.45, 2.75) is 19.9 Å². The molecular weight excluding hydrogens is 334 g/mol. The van der Waals surface area contributed by atoms with E-state index in [0.29, 0.717) is 31.0 Å². The van der Waals surface area contributed by atoms with Crippen molar-refractivity contribution in [3.05, 3.63) is 46.7 Å². The van der Waals surface area contributed by atoms with Crippen LogP contribution >= 0.6 is 0 Å². The summed E-state index contributed by atoms with van der Waals surface area (Å²) in [6.07, 6.45) is 0. The van der Waals surface area contributed by atoms with E-state index in [-0.39, 0.29) is 12.6 Å². The molecule has 7 heteroatoms. The molecule has 0 radical (unpaired) electrons. The molecule has 26 heavy (non-hydrogen) atoms. The maximum Gasteiger partial charge on any atom is 0.338 e. The Hall–Kier alpha value is -2.38. The van der Waals surface area contributed by atoms with Crippen LogP contribution in [0.2, 0.25) is 0 Å². The molecule has 1 aromatic rings. The van der Waals surface area contributed by atoms with E-state index in [1.54, 1.807) is 6.92 Å². The summed E-state index contributed by atoms with van der Waals surface area (Å²) in [5.41, 5.74) is 2.96. The van der Waals surface area contributed by atoms with Gasteiger partial charge in [0.15, 0.2) is 0 Å². The molecule has 3 rings (SSSR count). The van der Waals surface area contributed by atoms with Gasteiger partial charge in [-0.25, -0.2) is 9.59 Å². The zero-order valence-corrected chi connectivity index (χ0v) is 15.2. The summed E-state index contributed by atoms with van der Waals surface area (Å²) in [7, 11) is 0. The van der Waals surface area contributed by atoms with Gasteiger partial charge in [0, 0.05) is 25.3 Å². The van der Waals surface area contributed by atoms with Crippen LogP contribution in [0.5, 0.6) is 0 Å². The van der Waals surface area contributed by atoms with Crippen molar-refractivity contribution in [2.75, 3.05) is 39.5 Å². The first kappa shape index (κ1) is 18.4. The smallest absolute Gasteiger partial charge is 0.338 e. The number of hydrogen-bond acceptors (Lipinski definition) is 5. The molecule has 0 aromatic heterocycles. The van der Waals surface area contributed by atoms with Crippen LogP contribution in [-0.2, 0) is 14.3 Å². The molecule has 7 nitrogen and oxygen atoms in total. The van der Waals surface area contributed by atoms with Crippen molar-refractivity contribution in [2.24, 2.45) is 0 Å². The summed E-state index contributed by atoms with van der Waals surface area (Å²) in [5.74, 6) is -0.406. The second-order valence-corrected chi connectivity index (χ2v) is 6.39.